The summed E-state index contributed by atoms with van der Waals surface area (Å²) >= 11 is 0. The number of para-hydroxylation sites is 1. The first-order valence-electron chi connectivity index (χ1n) is 10.8. The Morgan fingerprint density at radius 1 is 1.03 bits per heavy atom. The Morgan fingerprint density at radius 2 is 1.76 bits per heavy atom. The minimum atomic E-state index is -0.435. The van der Waals surface area contributed by atoms with Gasteiger partial charge in [-0.25, -0.2) is 0 Å². The number of carbonyl (C=O) groups is 1. The monoisotopic (exact) mass is 391 g/mol. The summed E-state index contributed by atoms with van der Waals surface area (Å²) in [4.78, 5) is 17.5. The van der Waals surface area contributed by atoms with Gasteiger partial charge in [-0.2, -0.15) is 0 Å². The number of piperidine rings is 1. The number of rotatable bonds is 3. The Morgan fingerprint density at radius 3 is 2.55 bits per heavy atom. The summed E-state index contributed by atoms with van der Waals surface area (Å²) in [6, 6.07) is 18.5. The van der Waals surface area contributed by atoms with Crippen LogP contribution in [-0.4, -0.2) is 47.8 Å². The van der Waals surface area contributed by atoms with Gasteiger partial charge in [-0.1, -0.05) is 42.5 Å². The zero-order valence-electron chi connectivity index (χ0n) is 16.8. The Bertz CT molecular complexity index is 877. The fraction of sp³-hybridized carbons (Fsp3) is 0.458. The molecule has 2 fully saturated rings. The average molecular weight is 392 g/mol. The summed E-state index contributed by atoms with van der Waals surface area (Å²) in [5.74, 6) is 0.425. The van der Waals surface area contributed by atoms with Crippen molar-refractivity contribution in [3.8, 4) is 0 Å². The highest BCUT2D eigenvalue weighted by atomic mass is 16.3. The van der Waals surface area contributed by atoms with Crippen molar-refractivity contribution in [2.24, 2.45) is 5.92 Å². The van der Waals surface area contributed by atoms with Crippen molar-refractivity contribution >= 4 is 11.6 Å². The molecular formula is C24H29N3O2. The molecule has 0 radical (unpaired) electrons. The molecule has 5 nitrogen and oxygen atoms in total. The fourth-order valence-corrected chi connectivity index (χ4v) is 5.46. The maximum Gasteiger partial charge on any atom is 0.247 e. The molecule has 2 aromatic carbocycles. The number of nitrogens with zero attached hydrogens (tertiary/aromatic N) is 2. The SMILES string of the molecule is O=C1NCN(c2ccccc2)C12CCN(C[C@H]1CCc3ccccc3[C@H]1O)CC2. The first kappa shape index (κ1) is 18.6. The highest BCUT2D eigenvalue weighted by Gasteiger charge is 2.50. The van der Waals surface area contributed by atoms with E-state index in [0.717, 1.165) is 56.6 Å². The molecule has 1 aliphatic carbocycles. The number of aryl methyl sites for hydroxylation is 1. The molecule has 29 heavy (non-hydrogen) atoms. The van der Waals surface area contributed by atoms with Gasteiger partial charge < -0.3 is 20.2 Å². The van der Waals surface area contributed by atoms with Crippen molar-refractivity contribution in [3.63, 3.8) is 0 Å². The van der Waals surface area contributed by atoms with Gasteiger partial charge in [0.1, 0.15) is 5.54 Å². The van der Waals surface area contributed by atoms with E-state index in [-0.39, 0.29) is 17.9 Å². The maximum absolute atomic E-state index is 12.8. The van der Waals surface area contributed by atoms with E-state index in [2.05, 4.69) is 45.4 Å². The van der Waals surface area contributed by atoms with E-state index in [1.807, 2.05) is 24.3 Å². The molecule has 5 rings (SSSR count). The first-order valence-corrected chi connectivity index (χ1v) is 10.8. The van der Waals surface area contributed by atoms with Crippen molar-refractivity contribution in [1.82, 2.24) is 10.2 Å². The van der Waals surface area contributed by atoms with E-state index in [0.29, 0.717) is 6.67 Å². The highest BCUT2D eigenvalue weighted by Crippen LogP contribution is 2.38. The highest BCUT2D eigenvalue weighted by molar-refractivity contribution is 5.93. The second-order valence-electron chi connectivity index (χ2n) is 8.70. The van der Waals surface area contributed by atoms with Crippen LogP contribution >= 0.6 is 0 Å². The van der Waals surface area contributed by atoms with E-state index in [1.54, 1.807) is 0 Å². The van der Waals surface area contributed by atoms with Gasteiger partial charge in [0.15, 0.2) is 0 Å². The number of anilines is 1. The van der Waals surface area contributed by atoms with Crippen LogP contribution in [0.3, 0.4) is 0 Å². The van der Waals surface area contributed by atoms with Crippen LogP contribution in [0.4, 0.5) is 5.69 Å². The van der Waals surface area contributed by atoms with E-state index < -0.39 is 5.54 Å². The standard InChI is InChI=1S/C24H29N3O2/c28-22-19(11-10-18-6-4-5-9-21(18)22)16-26-14-12-24(13-15-26)23(29)25-17-27(24)20-7-2-1-3-8-20/h1-9,19,22,28H,10-17H2,(H,25,29)/t19-,22+/m1/s1. The molecule has 1 amide bonds. The third kappa shape index (κ3) is 3.22. The van der Waals surface area contributed by atoms with Crippen LogP contribution in [0, 0.1) is 5.92 Å². The first-order chi connectivity index (χ1) is 14.2. The summed E-state index contributed by atoms with van der Waals surface area (Å²) < 4.78 is 0. The smallest absolute Gasteiger partial charge is 0.247 e. The average Bonchev–Trinajstić information content (AvgIpc) is 3.08. The van der Waals surface area contributed by atoms with Crippen molar-refractivity contribution < 1.29 is 9.90 Å². The van der Waals surface area contributed by atoms with Crippen LogP contribution in [-0.2, 0) is 11.2 Å². The third-order valence-corrected chi connectivity index (χ3v) is 7.19. The van der Waals surface area contributed by atoms with Gasteiger partial charge in [0.2, 0.25) is 5.91 Å². The number of likely N-dealkylation sites (tertiary alicyclic amines) is 1. The predicted molar refractivity (Wildman–Crippen MR) is 114 cm³/mol. The quantitative estimate of drug-likeness (QED) is 0.845. The number of hydrogen-bond donors (Lipinski definition) is 2. The van der Waals surface area contributed by atoms with Gasteiger partial charge in [-0.05, 0) is 48.9 Å². The Labute approximate surface area is 172 Å². The lowest BCUT2D eigenvalue weighted by atomic mass is 9.80. The molecule has 0 saturated carbocycles. The Kier molecular flexibility index (Phi) is 4.80. The normalized spacial score (nSPS) is 26.4. The van der Waals surface area contributed by atoms with Crippen LogP contribution in [0.25, 0.3) is 0 Å². The van der Waals surface area contributed by atoms with Crippen LogP contribution in [0.5, 0.6) is 0 Å². The molecule has 5 heteroatoms. The van der Waals surface area contributed by atoms with E-state index in [1.165, 1.54) is 5.56 Å². The van der Waals surface area contributed by atoms with E-state index in [9.17, 15) is 9.90 Å². The molecule has 2 heterocycles. The molecule has 0 aromatic heterocycles. The molecule has 152 valence electrons. The molecule has 1 spiro atoms. The largest absolute Gasteiger partial charge is 0.388 e. The number of hydrogen-bond acceptors (Lipinski definition) is 4. The van der Waals surface area contributed by atoms with Crippen LogP contribution in [0.15, 0.2) is 54.6 Å². The number of fused-ring (bicyclic) bond motifs is 1. The zero-order valence-corrected chi connectivity index (χ0v) is 16.8. The number of nitrogens with one attached hydrogen (secondary N) is 1. The number of aliphatic hydroxyl groups excluding tert-OH is 1. The maximum atomic E-state index is 12.8. The van der Waals surface area contributed by atoms with E-state index in [4.69, 9.17) is 0 Å². The molecule has 2 aromatic rings. The molecule has 0 bridgehead atoms. The van der Waals surface area contributed by atoms with Crippen molar-refractivity contribution in [3.05, 3.63) is 65.7 Å². The molecule has 2 aliphatic heterocycles. The number of aliphatic hydroxyl groups is 1. The second kappa shape index (κ2) is 7.47. The van der Waals surface area contributed by atoms with Crippen LogP contribution in [0.2, 0.25) is 0 Å². The number of amides is 1. The minimum Gasteiger partial charge on any atom is -0.388 e. The van der Waals surface area contributed by atoms with Crippen LogP contribution in [0.1, 0.15) is 36.5 Å². The molecule has 2 atom stereocenters. The summed E-state index contributed by atoms with van der Waals surface area (Å²) in [7, 11) is 0. The van der Waals surface area contributed by atoms with Gasteiger partial charge in [0.05, 0.1) is 12.8 Å². The van der Waals surface area contributed by atoms with Gasteiger partial charge >= 0.3 is 0 Å². The fourth-order valence-electron chi connectivity index (χ4n) is 5.46. The van der Waals surface area contributed by atoms with Crippen LogP contribution < -0.4 is 10.2 Å². The number of carbonyl (C=O) groups excluding carboxylic acids is 1. The van der Waals surface area contributed by atoms with Crippen molar-refractivity contribution in [2.45, 2.75) is 37.3 Å². The van der Waals surface area contributed by atoms with Gasteiger partial charge in [0, 0.05) is 31.2 Å². The molecule has 2 N–H and O–H groups in total. The minimum absolute atomic E-state index is 0.160. The number of benzene rings is 2. The Balaban J connectivity index is 1.26. The summed E-state index contributed by atoms with van der Waals surface area (Å²) in [5.41, 5.74) is 3.06. The lowest BCUT2D eigenvalue weighted by molar-refractivity contribution is -0.125. The molecule has 2 saturated heterocycles. The zero-order chi connectivity index (χ0) is 19.8. The second-order valence-corrected chi connectivity index (χ2v) is 8.70. The van der Waals surface area contributed by atoms with Gasteiger partial charge in [0.25, 0.3) is 0 Å². The predicted octanol–water partition coefficient (Wildman–Crippen LogP) is 2.71. The Hall–Kier alpha value is -2.37. The summed E-state index contributed by atoms with van der Waals surface area (Å²) in [5, 5.41) is 14.0. The molecular weight excluding hydrogens is 362 g/mol. The molecule has 0 unspecified atom stereocenters. The van der Waals surface area contributed by atoms with Crippen molar-refractivity contribution in [2.75, 3.05) is 31.2 Å². The van der Waals surface area contributed by atoms with Crippen molar-refractivity contribution in [1.29, 1.82) is 0 Å². The molecule has 3 aliphatic rings. The van der Waals surface area contributed by atoms with Gasteiger partial charge in [-0.3, -0.25) is 4.79 Å². The summed E-state index contributed by atoms with van der Waals surface area (Å²) in [6.07, 6.45) is 3.34. The third-order valence-electron chi connectivity index (χ3n) is 7.19. The topological polar surface area (TPSA) is 55.8 Å². The lowest BCUT2D eigenvalue weighted by Gasteiger charge is -2.44. The van der Waals surface area contributed by atoms with Gasteiger partial charge in [-0.15, -0.1) is 0 Å². The van der Waals surface area contributed by atoms with E-state index >= 15 is 0 Å². The summed E-state index contributed by atoms with van der Waals surface area (Å²) in [6.45, 7) is 3.27. The lowest BCUT2D eigenvalue weighted by Crippen LogP contribution is -2.57.